The predicted octanol–water partition coefficient (Wildman–Crippen LogP) is 3.27. The number of esters is 1. The van der Waals surface area contributed by atoms with Crippen molar-refractivity contribution in [2.24, 2.45) is 0 Å². The van der Waals surface area contributed by atoms with Crippen molar-refractivity contribution in [1.82, 2.24) is 4.90 Å². The van der Waals surface area contributed by atoms with Gasteiger partial charge in [0, 0.05) is 6.42 Å². The molecule has 140 valence electrons. The maximum atomic E-state index is 13.3. The Balaban J connectivity index is 1.98. The molecule has 0 saturated carbocycles. The second kappa shape index (κ2) is 7.61. The van der Waals surface area contributed by atoms with Crippen LogP contribution in [0.5, 0.6) is 0 Å². The van der Waals surface area contributed by atoms with Gasteiger partial charge in [0.15, 0.2) is 0 Å². The van der Waals surface area contributed by atoms with Crippen LogP contribution in [0.1, 0.15) is 31.0 Å². The highest BCUT2D eigenvalue weighted by Gasteiger charge is 2.61. The molecule has 3 rings (SSSR count). The number of carbonyl (C=O) groups excluding carboxylic acids is 3. The van der Waals surface area contributed by atoms with Gasteiger partial charge in [-0.3, -0.25) is 4.79 Å². The number of ether oxygens (including phenoxy) is 2. The van der Waals surface area contributed by atoms with E-state index in [-0.39, 0.29) is 13.0 Å². The van der Waals surface area contributed by atoms with Gasteiger partial charge in [-0.15, -0.1) is 0 Å². The van der Waals surface area contributed by atoms with Gasteiger partial charge in [0.25, 0.3) is 11.5 Å². The second-order valence-corrected chi connectivity index (χ2v) is 6.34. The number of amides is 2. The third kappa shape index (κ3) is 3.43. The summed E-state index contributed by atoms with van der Waals surface area (Å²) in [6, 6.07) is 17.5. The third-order valence-electron chi connectivity index (χ3n) is 4.59. The van der Waals surface area contributed by atoms with Gasteiger partial charge in [-0.05, 0) is 25.0 Å². The molecule has 0 N–H and O–H groups in total. The Hall–Kier alpha value is -3.15. The molecular formula is C21H21NO5. The predicted molar refractivity (Wildman–Crippen MR) is 97.7 cm³/mol. The maximum Gasteiger partial charge on any atom is 0.418 e. The molecule has 0 bridgehead atoms. The fraction of sp³-hybridized carbons (Fsp3) is 0.286. The monoisotopic (exact) mass is 367 g/mol. The molecule has 1 aliphatic heterocycles. The fourth-order valence-corrected chi connectivity index (χ4v) is 3.18. The Morgan fingerprint density at radius 1 is 1.07 bits per heavy atom. The van der Waals surface area contributed by atoms with Crippen molar-refractivity contribution in [2.45, 2.75) is 31.9 Å². The smallest absolute Gasteiger partial charge is 0.418 e. The molecule has 2 aromatic carbocycles. The number of carbonyl (C=O) groups is 3. The summed E-state index contributed by atoms with van der Waals surface area (Å²) in [6.07, 6.45) is -0.921. The topological polar surface area (TPSA) is 72.9 Å². The highest BCUT2D eigenvalue weighted by molar-refractivity contribution is 6.16. The van der Waals surface area contributed by atoms with Gasteiger partial charge in [-0.25, -0.2) is 14.5 Å². The molecule has 2 amide bonds. The summed E-state index contributed by atoms with van der Waals surface area (Å²) >= 11 is 0. The largest absolute Gasteiger partial charge is 0.463 e. The van der Waals surface area contributed by atoms with Gasteiger partial charge < -0.3 is 9.47 Å². The minimum Gasteiger partial charge on any atom is -0.463 e. The Morgan fingerprint density at radius 3 is 2.26 bits per heavy atom. The quantitative estimate of drug-likeness (QED) is 0.579. The average Bonchev–Trinajstić information content (AvgIpc) is 2.93. The first kappa shape index (κ1) is 18.6. The van der Waals surface area contributed by atoms with E-state index in [1.165, 1.54) is 0 Å². The van der Waals surface area contributed by atoms with E-state index < -0.39 is 29.6 Å². The molecule has 1 aliphatic rings. The van der Waals surface area contributed by atoms with Gasteiger partial charge >= 0.3 is 12.1 Å². The summed E-state index contributed by atoms with van der Waals surface area (Å²) in [5.41, 5.74) is -0.541. The van der Waals surface area contributed by atoms with Crippen molar-refractivity contribution < 1.29 is 23.9 Å². The van der Waals surface area contributed by atoms with Crippen LogP contribution < -0.4 is 0 Å². The molecule has 1 unspecified atom stereocenters. The molecule has 0 aromatic heterocycles. The standard InChI is InChI=1S/C21H21NO5/c1-3-26-19(24)21(14-16-10-6-4-7-11-16)18(23)22(20(25)27-21)15(2)17-12-8-5-9-13-17/h4-13,15H,3,14H2,1-2H3/t15-,21?/m1/s1. The zero-order valence-corrected chi connectivity index (χ0v) is 15.3. The van der Waals surface area contributed by atoms with E-state index in [9.17, 15) is 14.4 Å². The van der Waals surface area contributed by atoms with E-state index in [0.717, 1.165) is 10.5 Å². The lowest BCUT2D eigenvalue weighted by molar-refractivity contribution is -0.167. The van der Waals surface area contributed by atoms with Crippen LogP contribution >= 0.6 is 0 Å². The van der Waals surface area contributed by atoms with Crippen molar-refractivity contribution >= 4 is 18.0 Å². The minimum absolute atomic E-state index is 0.0742. The molecule has 0 aliphatic carbocycles. The highest BCUT2D eigenvalue weighted by atomic mass is 16.6. The second-order valence-electron chi connectivity index (χ2n) is 6.34. The molecule has 1 fully saturated rings. The zero-order valence-electron chi connectivity index (χ0n) is 15.3. The normalized spacial score (nSPS) is 20.3. The summed E-state index contributed by atoms with van der Waals surface area (Å²) < 4.78 is 10.5. The molecule has 1 saturated heterocycles. The van der Waals surface area contributed by atoms with E-state index in [0.29, 0.717) is 5.56 Å². The Bertz CT molecular complexity index is 836. The summed E-state index contributed by atoms with van der Waals surface area (Å²) in [5.74, 6) is -1.55. The van der Waals surface area contributed by atoms with E-state index in [4.69, 9.17) is 9.47 Å². The van der Waals surface area contributed by atoms with Crippen LogP contribution in [-0.4, -0.2) is 35.1 Å². The van der Waals surface area contributed by atoms with E-state index in [1.807, 2.05) is 36.4 Å². The minimum atomic E-state index is -2.00. The Labute approximate surface area is 157 Å². The molecule has 2 aromatic rings. The first-order valence-corrected chi connectivity index (χ1v) is 8.82. The molecule has 2 atom stereocenters. The zero-order chi connectivity index (χ0) is 19.4. The number of hydrogen-bond acceptors (Lipinski definition) is 5. The van der Waals surface area contributed by atoms with Crippen molar-refractivity contribution in [3.05, 3.63) is 71.8 Å². The van der Waals surface area contributed by atoms with Crippen LogP contribution in [0.3, 0.4) is 0 Å². The Kier molecular flexibility index (Phi) is 5.26. The number of benzene rings is 2. The van der Waals surface area contributed by atoms with Gasteiger partial charge in [0.2, 0.25) is 0 Å². The highest BCUT2D eigenvalue weighted by Crippen LogP contribution is 2.35. The lowest BCUT2D eigenvalue weighted by atomic mass is 9.92. The number of nitrogens with zero attached hydrogens (tertiary/aromatic N) is 1. The first-order valence-electron chi connectivity index (χ1n) is 8.82. The van der Waals surface area contributed by atoms with Crippen LogP contribution in [0.4, 0.5) is 4.79 Å². The van der Waals surface area contributed by atoms with E-state index in [2.05, 4.69) is 0 Å². The molecule has 27 heavy (non-hydrogen) atoms. The summed E-state index contributed by atoms with van der Waals surface area (Å²) in [7, 11) is 0. The summed E-state index contributed by atoms with van der Waals surface area (Å²) in [4.78, 5) is 39.5. The number of cyclic esters (lactones) is 1. The third-order valence-corrected chi connectivity index (χ3v) is 4.59. The molecule has 6 heteroatoms. The molecular weight excluding hydrogens is 346 g/mol. The van der Waals surface area contributed by atoms with Crippen LogP contribution in [0.2, 0.25) is 0 Å². The van der Waals surface area contributed by atoms with Crippen LogP contribution in [0.15, 0.2) is 60.7 Å². The number of imide groups is 1. The molecule has 1 heterocycles. The lowest BCUT2D eigenvalue weighted by Gasteiger charge is -2.24. The van der Waals surface area contributed by atoms with Gasteiger partial charge in [-0.2, -0.15) is 0 Å². The van der Waals surface area contributed by atoms with Crippen molar-refractivity contribution in [3.8, 4) is 0 Å². The summed E-state index contributed by atoms with van der Waals surface area (Å²) in [6.45, 7) is 3.44. The van der Waals surface area contributed by atoms with E-state index >= 15 is 0 Å². The van der Waals surface area contributed by atoms with Crippen LogP contribution in [0.25, 0.3) is 0 Å². The van der Waals surface area contributed by atoms with Crippen molar-refractivity contribution in [2.75, 3.05) is 6.61 Å². The SMILES string of the molecule is CCOC(=O)C1(Cc2ccccc2)OC(=O)N([C@H](C)c2ccccc2)C1=O. The van der Waals surface area contributed by atoms with E-state index in [1.54, 1.807) is 38.1 Å². The molecule has 6 nitrogen and oxygen atoms in total. The fourth-order valence-electron chi connectivity index (χ4n) is 3.18. The Morgan fingerprint density at radius 2 is 1.67 bits per heavy atom. The maximum absolute atomic E-state index is 13.3. The number of rotatable bonds is 6. The van der Waals surface area contributed by atoms with Gasteiger partial charge in [0.1, 0.15) is 0 Å². The van der Waals surface area contributed by atoms with Gasteiger partial charge in [-0.1, -0.05) is 60.7 Å². The van der Waals surface area contributed by atoms with Crippen molar-refractivity contribution in [1.29, 1.82) is 0 Å². The van der Waals surface area contributed by atoms with Crippen LogP contribution in [0, 0.1) is 0 Å². The van der Waals surface area contributed by atoms with Gasteiger partial charge in [0.05, 0.1) is 12.6 Å². The van der Waals surface area contributed by atoms with Crippen LogP contribution in [-0.2, 0) is 25.5 Å². The summed E-state index contributed by atoms with van der Waals surface area (Å²) in [5, 5.41) is 0. The molecule has 0 radical (unpaired) electrons. The number of hydrogen-bond donors (Lipinski definition) is 0. The van der Waals surface area contributed by atoms with Crippen molar-refractivity contribution in [3.63, 3.8) is 0 Å². The average molecular weight is 367 g/mol. The first-order chi connectivity index (χ1) is 13.0. The molecule has 0 spiro atoms. The lowest BCUT2D eigenvalue weighted by Crippen LogP contribution is -2.51.